The average Bonchev–Trinajstić information content (AvgIpc) is 3.29. The van der Waals surface area contributed by atoms with Crippen molar-refractivity contribution in [3.05, 3.63) is 53.7 Å². The fraction of sp³-hybridized carbons (Fsp3) is 0.263. The van der Waals surface area contributed by atoms with E-state index in [-0.39, 0.29) is 0 Å². The largest absolute Gasteiger partial charge is 0.377 e. The lowest BCUT2D eigenvalue weighted by molar-refractivity contribution is 0.178. The van der Waals surface area contributed by atoms with Gasteiger partial charge in [-0.05, 0) is 5.56 Å². The smallest absolute Gasteiger partial charge is 0.158 e. The van der Waals surface area contributed by atoms with Gasteiger partial charge in [0, 0.05) is 38.1 Å². The lowest BCUT2D eigenvalue weighted by Gasteiger charge is -2.10. The topological polar surface area (TPSA) is 77.8 Å². The maximum Gasteiger partial charge on any atom is 0.158 e. The lowest BCUT2D eigenvalue weighted by Crippen LogP contribution is -2.11. The molecular weight excluding hydrogens is 360 g/mol. The zero-order valence-electron chi connectivity index (χ0n) is 15.2. The summed E-state index contributed by atoms with van der Waals surface area (Å²) in [5.41, 5.74) is 2.30. The summed E-state index contributed by atoms with van der Waals surface area (Å²) in [7, 11) is 3.55. The monoisotopic (exact) mass is 380 g/mol. The van der Waals surface area contributed by atoms with E-state index in [4.69, 9.17) is 9.72 Å². The third kappa shape index (κ3) is 3.67. The molecule has 0 radical (unpaired) electrons. The molecule has 0 spiro atoms. The minimum atomic E-state index is 0.381. The molecule has 0 unspecified atom stereocenters. The highest BCUT2D eigenvalue weighted by molar-refractivity contribution is 7.17. The number of nitrogens with one attached hydrogen (secondary N) is 1. The van der Waals surface area contributed by atoms with Gasteiger partial charge in [0.05, 0.1) is 5.39 Å². The standard InChI is InChI=1S/C19H20N6OS/c1-25-16(21-12-22-25)8-9-20-18-17-14(13-6-4-3-5-7-13)11-27-19(17)24-15(23-18)10-26-2/h3-7,11-12H,8-10H2,1-2H3,(H,20,23,24). The van der Waals surface area contributed by atoms with Gasteiger partial charge in [-0.3, -0.25) is 4.68 Å². The summed E-state index contributed by atoms with van der Waals surface area (Å²) in [5.74, 6) is 2.43. The summed E-state index contributed by atoms with van der Waals surface area (Å²) in [5, 5.41) is 10.8. The van der Waals surface area contributed by atoms with E-state index in [1.807, 2.05) is 25.2 Å². The van der Waals surface area contributed by atoms with Gasteiger partial charge in [-0.2, -0.15) is 5.10 Å². The van der Waals surface area contributed by atoms with E-state index in [1.165, 1.54) is 0 Å². The highest BCUT2D eigenvalue weighted by atomic mass is 32.1. The second kappa shape index (κ2) is 7.81. The first-order valence-corrected chi connectivity index (χ1v) is 9.53. The molecule has 1 N–H and O–H groups in total. The third-order valence-corrected chi connectivity index (χ3v) is 5.16. The molecule has 0 saturated heterocycles. The summed E-state index contributed by atoms with van der Waals surface area (Å²) in [6.07, 6.45) is 2.33. The van der Waals surface area contributed by atoms with E-state index in [2.05, 4.69) is 37.9 Å². The number of aromatic nitrogens is 5. The van der Waals surface area contributed by atoms with Crippen molar-refractivity contribution >= 4 is 27.4 Å². The van der Waals surface area contributed by atoms with Gasteiger partial charge in [-0.25, -0.2) is 15.0 Å². The number of rotatable bonds is 7. The van der Waals surface area contributed by atoms with Gasteiger partial charge in [0.15, 0.2) is 5.82 Å². The van der Waals surface area contributed by atoms with E-state index in [9.17, 15) is 0 Å². The van der Waals surface area contributed by atoms with Crippen LogP contribution >= 0.6 is 11.3 Å². The maximum absolute atomic E-state index is 5.23. The molecule has 7 nitrogen and oxygen atoms in total. The first-order valence-electron chi connectivity index (χ1n) is 8.65. The number of anilines is 1. The first kappa shape index (κ1) is 17.6. The molecule has 0 fully saturated rings. The summed E-state index contributed by atoms with van der Waals surface area (Å²) >= 11 is 1.62. The molecule has 0 saturated carbocycles. The Morgan fingerprint density at radius 1 is 1.19 bits per heavy atom. The number of methoxy groups -OCH3 is 1. The van der Waals surface area contributed by atoms with Crippen LogP contribution in [0.3, 0.4) is 0 Å². The number of hydrogen-bond donors (Lipinski definition) is 1. The number of aryl methyl sites for hydroxylation is 1. The summed E-state index contributed by atoms with van der Waals surface area (Å²) in [6, 6.07) is 10.3. The fourth-order valence-corrected chi connectivity index (χ4v) is 3.94. The molecule has 4 rings (SSSR count). The summed E-state index contributed by atoms with van der Waals surface area (Å²) in [6.45, 7) is 1.08. The van der Waals surface area contributed by atoms with Gasteiger partial charge in [-0.1, -0.05) is 30.3 Å². The third-order valence-electron chi connectivity index (χ3n) is 4.28. The number of fused-ring (bicyclic) bond motifs is 1. The van der Waals surface area contributed by atoms with Gasteiger partial charge < -0.3 is 10.1 Å². The van der Waals surface area contributed by atoms with Crippen molar-refractivity contribution in [2.45, 2.75) is 13.0 Å². The molecule has 0 bridgehead atoms. The predicted molar refractivity (Wildman–Crippen MR) is 107 cm³/mol. The molecule has 0 atom stereocenters. The van der Waals surface area contributed by atoms with Crippen molar-refractivity contribution < 1.29 is 4.74 Å². The van der Waals surface area contributed by atoms with E-state index in [0.29, 0.717) is 19.0 Å². The molecule has 3 aromatic heterocycles. The Labute approximate surface area is 161 Å². The van der Waals surface area contributed by atoms with Crippen LogP contribution in [0.25, 0.3) is 21.3 Å². The van der Waals surface area contributed by atoms with E-state index < -0.39 is 0 Å². The molecule has 8 heteroatoms. The van der Waals surface area contributed by atoms with Crippen LogP contribution in [0, 0.1) is 0 Å². The Morgan fingerprint density at radius 3 is 2.78 bits per heavy atom. The molecule has 0 aliphatic heterocycles. The quantitative estimate of drug-likeness (QED) is 0.530. The van der Waals surface area contributed by atoms with E-state index in [1.54, 1.807) is 29.5 Å². The minimum Gasteiger partial charge on any atom is -0.377 e. The first-order chi connectivity index (χ1) is 13.3. The van der Waals surface area contributed by atoms with Crippen molar-refractivity contribution in [2.75, 3.05) is 19.0 Å². The number of ether oxygens (including phenoxy) is 1. The molecule has 3 heterocycles. The number of benzene rings is 1. The SMILES string of the molecule is COCc1nc(NCCc2ncnn2C)c2c(-c3ccccc3)csc2n1. The number of hydrogen-bond acceptors (Lipinski definition) is 7. The second-order valence-electron chi connectivity index (χ2n) is 6.09. The van der Waals surface area contributed by atoms with Gasteiger partial charge in [-0.15, -0.1) is 11.3 Å². The van der Waals surface area contributed by atoms with Crippen molar-refractivity contribution in [3.63, 3.8) is 0 Å². The average molecular weight is 380 g/mol. The normalized spacial score (nSPS) is 11.2. The fourth-order valence-electron chi connectivity index (χ4n) is 2.98. The molecule has 0 aliphatic rings. The molecular formula is C19H20N6OS. The summed E-state index contributed by atoms with van der Waals surface area (Å²) in [4.78, 5) is 14.6. The lowest BCUT2D eigenvalue weighted by atomic mass is 10.1. The van der Waals surface area contributed by atoms with Crippen molar-refractivity contribution in [1.29, 1.82) is 0 Å². The van der Waals surface area contributed by atoms with Crippen LogP contribution < -0.4 is 5.32 Å². The van der Waals surface area contributed by atoms with Gasteiger partial charge in [0.25, 0.3) is 0 Å². The Kier molecular flexibility index (Phi) is 5.08. The molecule has 4 aromatic rings. The van der Waals surface area contributed by atoms with Crippen LogP contribution in [0.2, 0.25) is 0 Å². The zero-order chi connectivity index (χ0) is 18.6. The Balaban J connectivity index is 1.69. The van der Waals surface area contributed by atoms with Gasteiger partial charge in [0.1, 0.15) is 29.4 Å². The van der Waals surface area contributed by atoms with E-state index in [0.717, 1.165) is 39.4 Å². The van der Waals surface area contributed by atoms with Crippen LogP contribution in [-0.4, -0.2) is 38.4 Å². The maximum atomic E-state index is 5.23. The van der Waals surface area contributed by atoms with Crippen LogP contribution in [-0.2, 0) is 24.8 Å². The molecule has 0 aliphatic carbocycles. The van der Waals surface area contributed by atoms with Gasteiger partial charge in [0.2, 0.25) is 0 Å². The van der Waals surface area contributed by atoms with Crippen molar-refractivity contribution in [3.8, 4) is 11.1 Å². The van der Waals surface area contributed by atoms with Crippen LogP contribution in [0.4, 0.5) is 5.82 Å². The Bertz CT molecular complexity index is 1040. The highest BCUT2D eigenvalue weighted by Gasteiger charge is 2.15. The minimum absolute atomic E-state index is 0.381. The van der Waals surface area contributed by atoms with Gasteiger partial charge >= 0.3 is 0 Å². The molecule has 1 aromatic carbocycles. The van der Waals surface area contributed by atoms with Crippen LogP contribution in [0.15, 0.2) is 42.0 Å². The molecule has 0 amide bonds. The van der Waals surface area contributed by atoms with Crippen LogP contribution in [0.5, 0.6) is 0 Å². The molecule has 27 heavy (non-hydrogen) atoms. The molecule has 138 valence electrons. The Morgan fingerprint density at radius 2 is 2.04 bits per heavy atom. The van der Waals surface area contributed by atoms with Crippen molar-refractivity contribution in [2.24, 2.45) is 7.05 Å². The highest BCUT2D eigenvalue weighted by Crippen LogP contribution is 2.36. The zero-order valence-corrected chi connectivity index (χ0v) is 16.0. The van der Waals surface area contributed by atoms with Crippen LogP contribution in [0.1, 0.15) is 11.6 Å². The van der Waals surface area contributed by atoms with E-state index >= 15 is 0 Å². The Hall–Kier alpha value is -2.84. The summed E-state index contributed by atoms with van der Waals surface area (Å²) < 4.78 is 7.02. The predicted octanol–water partition coefficient (Wildman–Crippen LogP) is 3.29. The number of nitrogens with zero attached hydrogens (tertiary/aromatic N) is 5. The van der Waals surface area contributed by atoms with Crippen molar-refractivity contribution in [1.82, 2.24) is 24.7 Å². The second-order valence-corrected chi connectivity index (χ2v) is 6.95. The number of thiophene rings is 1.